The monoisotopic (exact) mass is 447 g/mol. The van der Waals surface area contributed by atoms with E-state index < -0.39 is 0 Å². The number of aromatic hydroxyl groups is 1. The maximum Gasteiger partial charge on any atom is 0.131 e. The largest absolute Gasteiger partial charge is 0.507 e. The second-order valence-electron chi connectivity index (χ2n) is 9.15. The molecule has 176 valence electrons. The molecule has 0 amide bonds. The van der Waals surface area contributed by atoms with Gasteiger partial charge in [-0.2, -0.15) is 0 Å². The molecule has 6 heteroatoms. The van der Waals surface area contributed by atoms with Crippen LogP contribution >= 0.6 is 0 Å². The minimum Gasteiger partial charge on any atom is -0.507 e. The van der Waals surface area contributed by atoms with E-state index in [0.29, 0.717) is 6.04 Å². The van der Waals surface area contributed by atoms with Crippen LogP contribution in [0, 0.1) is 0 Å². The third-order valence-corrected chi connectivity index (χ3v) is 6.95. The Morgan fingerprint density at radius 2 is 2.06 bits per heavy atom. The first-order valence-corrected chi connectivity index (χ1v) is 12.4. The number of aliphatic imine (C=N–C) groups is 1. The summed E-state index contributed by atoms with van der Waals surface area (Å²) < 4.78 is 0. The number of allylic oxidation sites excluding steroid dienone is 3. The van der Waals surface area contributed by atoms with Crippen molar-refractivity contribution in [3.05, 3.63) is 47.1 Å². The summed E-state index contributed by atoms with van der Waals surface area (Å²) in [5.41, 5.74) is 4.71. The van der Waals surface area contributed by atoms with Crippen molar-refractivity contribution in [1.82, 2.24) is 9.80 Å². The van der Waals surface area contributed by atoms with Crippen molar-refractivity contribution in [3.8, 4) is 5.75 Å². The van der Waals surface area contributed by atoms with Crippen LogP contribution in [-0.4, -0.2) is 71.9 Å². The molecule has 2 fully saturated rings. The van der Waals surface area contributed by atoms with Crippen LogP contribution in [0.15, 0.2) is 51.1 Å². The van der Waals surface area contributed by atoms with E-state index in [-0.39, 0.29) is 5.75 Å². The van der Waals surface area contributed by atoms with Crippen molar-refractivity contribution in [2.75, 3.05) is 33.2 Å². The summed E-state index contributed by atoms with van der Waals surface area (Å²) in [6.45, 7) is 8.69. The summed E-state index contributed by atoms with van der Waals surface area (Å²) in [4.78, 5) is 9.24. The molecule has 0 saturated carbocycles. The minimum absolute atomic E-state index is 0.221. The van der Waals surface area contributed by atoms with Crippen LogP contribution in [0.5, 0.6) is 5.75 Å². The highest BCUT2D eigenvalue weighted by Gasteiger charge is 2.30. The van der Waals surface area contributed by atoms with Crippen molar-refractivity contribution in [3.63, 3.8) is 0 Å². The van der Waals surface area contributed by atoms with Crippen LogP contribution in [0.25, 0.3) is 5.57 Å². The maximum atomic E-state index is 10.9. The van der Waals surface area contributed by atoms with Crippen LogP contribution in [0.2, 0.25) is 0 Å². The van der Waals surface area contributed by atoms with Crippen molar-refractivity contribution in [1.29, 1.82) is 0 Å². The Hall–Kier alpha value is -2.73. The number of amidine groups is 1. The lowest BCUT2D eigenvalue weighted by Gasteiger charge is -2.44. The lowest BCUT2D eigenvalue weighted by atomic mass is 9.97. The van der Waals surface area contributed by atoms with Gasteiger partial charge in [-0.15, -0.1) is 10.2 Å². The fourth-order valence-corrected chi connectivity index (χ4v) is 5.08. The fraction of sp³-hybridized carbons (Fsp3) is 0.519. The standard InChI is InChI=1S/C27H37N5O/c1-4-8-22(18-28-3)21-10-11-24(26(33)17-21)25-15-20(5-2)16-27(30-29-25)32-14-13-31-12-7-6-9-23(31)19-32/h8,10-11,15,17-18,23,33H,4-7,9,12-14,16,19H2,1-3H3/b22-8+,28-18?. The Morgan fingerprint density at radius 3 is 2.82 bits per heavy atom. The molecule has 6 nitrogen and oxygen atoms in total. The third kappa shape index (κ3) is 5.44. The normalized spacial score (nSPS) is 22.5. The summed E-state index contributed by atoms with van der Waals surface area (Å²) in [6, 6.07) is 6.42. The van der Waals surface area contributed by atoms with E-state index in [0.717, 1.165) is 67.1 Å². The second-order valence-corrected chi connectivity index (χ2v) is 9.15. The number of phenols is 1. The topological polar surface area (TPSA) is 63.8 Å². The van der Waals surface area contributed by atoms with Crippen LogP contribution in [-0.2, 0) is 0 Å². The van der Waals surface area contributed by atoms with Gasteiger partial charge in [0.25, 0.3) is 0 Å². The van der Waals surface area contributed by atoms with Gasteiger partial charge in [0.2, 0.25) is 0 Å². The molecule has 1 aromatic carbocycles. The van der Waals surface area contributed by atoms with Gasteiger partial charge in [0.1, 0.15) is 11.6 Å². The lowest BCUT2D eigenvalue weighted by molar-refractivity contribution is 0.0794. The zero-order valence-electron chi connectivity index (χ0n) is 20.3. The van der Waals surface area contributed by atoms with Gasteiger partial charge in [-0.1, -0.05) is 38.0 Å². The number of hydrogen-bond acceptors (Lipinski definition) is 6. The quantitative estimate of drug-likeness (QED) is 0.653. The molecular weight excluding hydrogens is 410 g/mol. The van der Waals surface area contributed by atoms with E-state index in [2.05, 4.69) is 45.9 Å². The predicted molar refractivity (Wildman–Crippen MR) is 139 cm³/mol. The minimum atomic E-state index is 0.221. The maximum absolute atomic E-state index is 10.9. The number of benzene rings is 1. The number of rotatable bonds is 5. The van der Waals surface area contributed by atoms with E-state index in [1.54, 1.807) is 13.1 Å². The Bertz CT molecular complexity index is 1000. The number of piperazine rings is 1. The van der Waals surface area contributed by atoms with Gasteiger partial charge in [0.15, 0.2) is 0 Å². The second kappa shape index (κ2) is 10.9. The van der Waals surface area contributed by atoms with Crippen LogP contribution in [0.1, 0.15) is 63.5 Å². The van der Waals surface area contributed by atoms with Gasteiger partial charge in [-0.3, -0.25) is 9.89 Å². The molecule has 0 aliphatic carbocycles. The highest BCUT2D eigenvalue weighted by molar-refractivity contribution is 6.13. The van der Waals surface area contributed by atoms with Crippen molar-refractivity contribution < 1.29 is 5.11 Å². The first kappa shape index (κ1) is 23.4. The number of phenolic OH excluding ortho intramolecular Hbond substituents is 1. The Labute approximate surface area is 198 Å². The Morgan fingerprint density at radius 1 is 1.18 bits per heavy atom. The van der Waals surface area contributed by atoms with Crippen molar-refractivity contribution >= 4 is 23.3 Å². The molecule has 0 spiro atoms. The molecule has 3 aliphatic rings. The molecular formula is C27H37N5O. The lowest BCUT2D eigenvalue weighted by Crippen LogP contribution is -2.56. The van der Waals surface area contributed by atoms with Gasteiger partial charge < -0.3 is 10.0 Å². The van der Waals surface area contributed by atoms with Crippen molar-refractivity contribution in [2.45, 2.75) is 58.4 Å². The highest BCUT2D eigenvalue weighted by Crippen LogP contribution is 2.28. The summed E-state index contributed by atoms with van der Waals surface area (Å²) >= 11 is 0. The molecule has 1 unspecified atom stereocenters. The number of hydrogen-bond donors (Lipinski definition) is 1. The predicted octanol–water partition coefficient (Wildman–Crippen LogP) is 4.90. The number of fused-ring (bicyclic) bond motifs is 1. The average molecular weight is 448 g/mol. The van der Waals surface area contributed by atoms with Gasteiger partial charge in [0, 0.05) is 50.9 Å². The SMILES string of the molecule is CC/C=C(\C=NC)c1ccc(C2=NN=C(N3CCN4CCCCC4C3)CC(CC)=C2)c(O)c1. The average Bonchev–Trinajstić information content (AvgIpc) is 3.06. The molecule has 1 aromatic rings. The molecule has 0 bridgehead atoms. The van der Waals surface area contributed by atoms with E-state index in [1.165, 1.54) is 31.4 Å². The van der Waals surface area contributed by atoms with Gasteiger partial charge in [-0.25, -0.2) is 0 Å². The molecule has 1 N–H and O–H groups in total. The smallest absolute Gasteiger partial charge is 0.131 e. The molecule has 3 heterocycles. The first-order valence-electron chi connectivity index (χ1n) is 12.4. The molecule has 3 aliphatic heterocycles. The fourth-order valence-electron chi connectivity index (χ4n) is 5.08. The zero-order chi connectivity index (χ0) is 23.2. The summed E-state index contributed by atoms with van der Waals surface area (Å²) in [5.74, 6) is 1.28. The molecule has 2 saturated heterocycles. The Balaban J connectivity index is 1.60. The van der Waals surface area contributed by atoms with Crippen molar-refractivity contribution in [2.24, 2.45) is 15.2 Å². The summed E-state index contributed by atoms with van der Waals surface area (Å²) in [7, 11) is 1.76. The molecule has 4 rings (SSSR count). The van der Waals surface area contributed by atoms with Crippen LogP contribution in [0.3, 0.4) is 0 Å². The highest BCUT2D eigenvalue weighted by atomic mass is 16.3. The summed E-state index contributed by atoms with van der Waals surface area (Å²) in [6.07, 6.45) is 12.7. The van der Waals surface area contributed by atoms with E-state index in [9.17, 15) is 5.11 Å². The Kier molecular flexibility index (Phi) is 7.76. The molecule has 0 aromatic heterocycles. The van der Waals surface area contributed by atoms with E-state index in [1.807, 2.05) is 18.3 Å². The number of nitrogens with zero attached hydrogens (tertiary/aromatic N) is 5. The van der Waals surface area contributed by atoms with Gasteiger partial charge in [-0.05, 0) is 61.6 Å². The van der Waals surface area contributed by atoms with Crippen LogP contribution < -0.4 is 0 Å². The van der Waals surface area contributed by atoms with Gasteiger partial charge >= 0.3 is 0 Å². The third-order valence-electron chi connectivity index (χ3n) is 6.95. The van der Waals surface area contributed by atoms with E-state index >= 15 is 0 Å². The van der Waals surface area contributed by atoms with Crippen LogP contribution in [0.4, 0.5) is 0 Å². The molecule has 33 heavy (non-hydrogen) atoms. The first-order chi connectivity index (χ1) is 16.1. The molecule has 0 radical (unpaired) electrons. The zero-order valence-corrected chi connectivity index (χ0v) is 20.3. The molecule has 1 atom stereocenters. The number of piperidine rings is 1. The summed E-state index contributed by atoms with van der Waals surface area (Å²) in [5, 5.41) is 20.2. The van der Waals surface area contributed by atoms with E-state index in [4.69, 9.17) is 5.10 Å². The van der Waals surface area contributed by atoms with Gasteiger partial charge in [0.05, 0.1) is 5.71 Å².